The molecule has 1 aliphatic heterocycles. The van der Waals surface area contributed by atoms with Crippen molar-refractivity contribution in [2.75, 3.05) is 23.3 Å². The first kappa shape index (κ1) is 16.0. The number of nitrogens with zero attached hydrogens (tertiary/aromatic N) is 2. The number of amides is 1. The molecule has 2 N–H and O–H groups in total. The molecule has 24 heavy (non-hydrogen) atoms. The number of pyridine rings is 1. The number of hydrogen-bond donors (Lipinski definition) is 2. The average Bonchev–Trinajstić information content (AvgIpc) is 3.09. The fraction of sp³-hybridized carbons (Fsp3) is 0.278. The Hall–Kier alpha value is -2.89. The molecule has 0 atom stereocenters. The van der Waals surface area contributed by atoms with Gasteiger partial charge in [-0.1, -0.05) is 17.7 Å². The molecule has 2 heterocycles. The number of carbonyl (C=O) groups is 2. The molecule has 1 aromatic carbocycles. The van der Waals surface area contributed by atoms with Crippen molar-refractivity contribution >= 4 is 23.4 Å². The Bertz CT molecular complexity index is 766. The van der Waals surface area contributed by atoms with Crippen LogP contribution in [0.5, 0.6) is 0 Å². The normalized spacial score (nSPS) is 13.8. The maximum absolute atomic E-state index is 12.3. The van der Waals surface area contributed by atoms with E-state index in [0.717, 1.165) is 31.5 Å². The van der Waals surface area contributed by atoms with Crippen LogP contribution in [-0.4, -0.2) is 35.1 Å². The molecule has 1 saturated heterocycles. The van der Waals surface area contributed by atoms with Gasteiger partial charge in [-0.05, 0) is 38.0 Å². The Labute approximate surface area is 140 Å². The van der Waals surface area contributed by atoms with E-state index < -0.39 is 5.97 Å². The Morgan fingerprint density at radius 1 is 1.17 bits per heavy atom. The zero-order valence-corrected chi connectivity index (χ0v) is 13.5. The van der Waals surface area contributed by atoms with Crippen molar-refractivity contribution in [2.24, 2.45) is 0 Å². The average molecular weight is 325 g/mol. The smallest absolute Gasteiger partial charge is 0.339 e. The van der Waals surface area contributed by atoms with Gasteiger partial charge in [-0.2, -0.15) is 0 Å². The van der Waals surface area contributed by atoms with Gasteiger partial charge < -0.3 is 15.3 Å². The predicted molar refractivity (Wildman–Crippen MR) is 91.8 cm³/mol. The van der Waals surface area contributed by atoms with Crippen molar-refractivity contribution in [1.29, 1.82) is 0 Å². The van der Waals surface area contributed by atoms with Gasteiger partial charge in [-0.15, -0.1) is 0 Å². The highest BCUT2D eigenvalue weighted by molar-refractivity contribution is 6.05. The van der Waals surface area contributed by atoms with Crippen LogP contribution < -0.4 is 10.2 Å². The lowest BCUT2D eigenvalue weighted by molar-refractivity contribution is 0.0697. The van der Waals surface area contributed by atoms with Crippen molar-refractivity contribution < 1.29 is 14.7 Å². The van der Waals surface area contributed by atoms with Crippen LogP contribution in [0.1, 0.15) is 39.1 Å². The largest absolute Gasteiger partial charge is 0.478 e. The van der Waals surface area contributed by atoms with Crippen LogP contribution in [0.15, 0.2) is 36.5 Å². The number of carbonyl (C=O) groups excluding carboxylic acids is 1. The summed E-state index contributed by atoms with van der Waals surface area (Å²) in [6, 6.07) is 8.64. The zero-order chi connectivity index (χ0) is 17.1. The van der Waals surface area contributed by atoms with E-state index in [1.807, 2.05) is 24.0 Å². The van der Waals surface area contributed by atoms with Crippen molar-refractivity contribution in [3.05, 3.63) is 53.2 Å². The standard InChI is InChI=1S/C18H19N3O3/c1-12-4-6-13(7-5-12)17(22)20-14-10-15(18(23)24)16(19-11-14)21-8-2-3-9-21/h4-7,10-11H,2-3,8-9H2,1H3,(H,20,22)(H,23,24). The summed E-state index contributed by atoms with van der Waals surface area (Å²) in [4.78, 5) is 30.0. The summed E-state index contributed by atoms with van der Waals surface area (Å²) in [7, 11) is 0. The highest BCUT2D eigenvalue weighted by Crippen LogP contribution is 2.25. The van der Waals surface area contributed by atoms with Crippen molar-refractivity contribution in [3.8, 4) is 0 Å². The number of anilines is 2. The molecule has 1 aromatic heterocycles. The second-order valence-corrected chi connectivity index (χ2v) is 5.91. The molecule has 3 rings (SSSR count). The Balaban J connectivity index is 1.83. The van der Waals surface area contributed by atoms with E-state index in [1.54, 1.807) is 12.1 Å². The van der Waals surface area contributed by atoms with Crippen LogP contribution in [0.25, 0.3) is 0 Å². The maximum atomic E-state index is 12.3. The number of carboxylic acid groups (broad SMARTS) is 1. The Morgan fingerprint density at radius 2 is 1.83 bits per heavy atom. The van der Waals surface area contributed by atoms with Gasteiger partial charge in [0.15, 0.2) is 0 Å². The Kier molecular flexibility index (Phi) is 4.46. The van der Waals surface area contributed by atoms with Crippen LogP contribution in [0.3, 0.4) is 0 Å². The number of benzene rings is 1. The first-order valence-corrected chi connectivity index (χ1v) is 7.91. The van der Waals surface area contributed by atoms with Gasteiger partial charge in [0.1, 0.15) is 11.4 Å². The minimum absolute atomic E-state index is 0.110. The van der Waals surface area contributed by atoms with E-state index in [1.165, 1.54) is 12.3 Å². The van der Waals surface area contributed by atoms with Gasteiger partial charge >= 0.3 is 5.97 Å². The second-order valence-electron chi connectivity index (χ2n) is 5.91. The molecular weight excluding hydrogens is 306 g/mol. The fourth-order valence-corrected chi connectivity index (χ4v) is 2.77. The number of aryl methyl sites for hydroxylation is 1. The molecule has 0 bridgehead atoms. The van der Waals surface area contributed by atoms with Crippen LogP contribution >= 0.6 is 0 Å². The van der Waals surface area contributed by atoms with E-state index in [2.05, 4.69) is 10.3 Å². The lowest BCUT2D eigenvalue weighted by Gasteiger charge is -2.19. The summed E-state index contributed by atoms with van der Waals surface area (Å²) in [6.07, 6.45) is 3.57. The molecule has 6 heteroatoms. The second kappa shape index (κ2) is 6.70. The number of rotatable bonds is 4. The minimum atomic E-state index is -1.05. The summed E-state index contributed by atoms with van der Waals surface area (Å²) < 4.78 is 0. The van der Waals surface area contributed by atoms with E-state index in [9.17, 15) is 14.7 Å². The van der Waals surface area contributed by atoms with Crippen molar-refractivity contribution in [1.82, 2.24) is 4.98 Å². The first-order valence-electron chi connectivity index (χ1n) is 7.91. The molecule has 0 radical (unpaired) electrons. The molecular formula is C18H19N3O3. The molecule has 124 valence electrons. The summed E-state index contributed by atoms with van der Waals surface area (Å²) in [6.45, 7) is 3.56. The highest BCUT2D eigenvalue weighted by Gasteiger charge is 2.21. The van der Waals surface area contributed by atoms with Crippen LogP contribution in [0.2, 0.25) is 0 Å². The van der Waals surface area contributed by atoms with Gasteiger partial charge in [0, 0.05) is 18.7 Å². The first-order chi connectivity index (χ1) is 11.5. The molecule has 0 aliphatic carbocycles. The summed E-state index contributed by atoms with van der Waals surface area (Å²) in [5.41, 5.74) is 2.07. The van der Waals surface area contributed by atoms with Crippen LogP contribution in [0.4, 0.5) is 11.5 Å². The van der Waals surface area contributed by atoms with Crippen molar-refractivity contribution in [3.63, 3.8) is 0 Å². The molecule has 0 spiro atoms. The van der Waals surface area contributed by atoms with E-state index >= 15 is 0 Å². The van der Waals surface area contributed by atoms with Crippen LogP contribution in [0, 0.1) is 6.92 Å². The molecule has 1 fully saturated rings. The number of carboxylic acids is 1. The SMILES string of the molecule is Cc1ccc(C(=O)Nc2cnc(N3CCCC3)c(C(=O)O)c2)cc1. The predicted octanol–water partition coefficient (Wildman–Crippen LogP) is 2.94. The quantitative estimate of drug-likeness (QED) is 0.903. The van der Waals surface area contributed by atoms with Crippen molar-refractivity contribution in [2.45, 2.75) is 19.8 Å². The summed E-state index contributed by atoms with van der Waals surface area (Å²) in [5.74, 6) is -0.869. The number of hydrogen-bond acceptors (Lipinski definition) is 4. The summed E-state index contributed by atoms with van der Waals surface area (Å²) >= 11 is 0. The zero-order valence-electron chi connectivity index (χ0n) is 13.5. The molecule has 1 amide bonds. The van der Waals surface area contributed by atoms with Gasteiger partial charge in [0.2, 0.25) is 0 Å². The van der Waals surface area contributed by atoms with E-state index in [-0.39, 0.29) is 11.5 Å². The topological polar surface area (TPSA) is 82.5 Å². The lowest BCUT2D eigenvalue weighted by atomic mass is 10.1. The van der Waals surface area contributed by atoms with Gasteiger partial charge in [-0.3, -0.25) is 4.79 Å². The molecule has 6 nitrogen and oxygen atoms in total. The molecule has 2 aromatic rings. The Morgan fingerprint density at radius 3 is 2.46 bits per heavy atom. The van der Waals surface area contributed by atoms with Crippen LogP contribution in [-0.2, 0) is 0 Å². The molecule has 0 unspecified atom stereocenters. The third-order valence-electron chi connectivity index (χ3n) is 4.07. The highest BCUT2D eigenvalue weighted by atomic mass is 16.4. The summed E-state index contributed by atoms with van der Waals surface area (Å²) in [5, 5.41) is 12.2. The number of nitrogens with one attached hydrogen (secondary N) is 1. The monoisotopic (exact) mass is 325 g/mol. The number of aromatic carboxylic acids is 1. The third-order valence-corrected chi connectivity index (χ3v) is 4.07. The van der Waals surface area contributed by atoms with Gasteiger partial charge in [0.25, 0.3) is 5.91 Å². The minimum Gasteiger partial charge on any atom is -0.478 e. The third kappa shape index (κ3) is 3.37. The maximum Gasteiger partial charge on any atom is 0.339 e. The van der Waals surface area contributed by atoms with E-state index in [0.29, 0.717) is 17.1 Å². The molecule has 0 saturated carbocycles. The van der Waals surface area contributed by atoms with Gasteiger partial charge in [0.05, 0.1) is 11.9 Å². The fourth-order valence-electron chi connectivity index (χ4n) is 2.77. The molecule has 1 aliphatic rings. The van der Waals surface area contributed by atoms with Gasteiger partial charge in [-0.25, -0.2) is 9.78 Å². The lowest BCUT2D eigenvalue weighted by Crippen LogP contribution is -2.22. The van der Waals surface area contributed by atoms with E-state index in [4.69, 9.17) is 0 Å². The number of aromatic nitrogens is 1.